The van der Waals surface area contributed by atoms with Gasteiger partial charge in [0.15, 0.2) is 5.96 Å². The molecule has 0 aliphatic rings. The quantitative estimate of drug-likeness (QED) is 0.457. The van der Waals surface area contributed by atoms with E-state index in [9.17, 15) is 4.79 Å². The largest absolute Gasteiger partial charge is 0.444 e. The number of carbonyl (C=O) groups is 1. The van der Waals surface area contributed by atoms with Crippen LogP contribution in [0.25, 0.3) is 0 Å². The van der Waals surface area contributed by atoms with Gasteiger partial charge in [-0.1, -0.05) is 22.0 Å². The lowest BCUT2D eigenvalue weighted by atomic mass is 10.2. The minimum atomic E-state index is -0.0569. The number of guanidine groups is 1. The number of aryl methyl sites for hydroxylation is 3. The number of hydrogen-bond acceptors (Lipinski definition) is 4. The fraction of sp³-hybridized carbons (Fsp3) is 0.421. The van der Waals surface area contributed by atoms with Crippen molar-refractivity contribution in [2.24, 2.45) is 4.99 Å². The van der Waals surface area contributed by atoms with Gasteiger partial charge in [-0.25, -0.2) is 9.98 Å². The van der Waals surface area contributed by atoms with E-state index in [1.165, 1.54) is 0 Å². The molecule has 3 N–H and O–H groups in total. The Bertz CT molecular complexity index is 797. The van der Waals surface area contributed by atoms with E-state index in [2.05, 4.69) is 41.9 Å². The van der Waals surface area contributed by atoms with Crippen LogP contribution in [0.4, 0.5) is 5.69 Å². The molecule has 8 heteroatoms. The summed E-state index contributed by atoms with van der Waals surface area (Å²) in [5, 5.41) is 9.23. The van der Waals surface area contributed by atoms with Crippen LogP contribution in [0.2, 0.25) is 0 Å². The molecule has 0 fully saturated rings. The average Bonchev–Trinajstić information content (AvgIpc) is 2.94. The summed E-state index contributed by atoms with van der Waals surface area (Å²) in [6.07, 6.45) is 0.327. The molecule has 0 aliphatic carbocycles. The molecule has 1 aromatic carbocycles. The number of nitrogens with zero attached hydrogens (tertiary/aromatic N) is 2. The van der Waals surface area contributed by atoms with E-state index in [0.717, 1.165) is 33.7 Å². The lowest BCUT2D eigenvalue weighted by molar-refractivity contribution is -0.116. The second-order valence-corrected chi connectivity index (χ2v) is 7.04. The zero-order valence-electron chi connectivity index (χ0n) is 16.1. The van der Waals surface area contributed by atoms with Gasteiger partial charge < -0.3 is 20.4 Å². The Morgan fingerprint density at radius 2 is 2.04 bits per heavy atom. The van der Waals surface area contributed by atoms with E-state index in [0.29, 0.717) is 31.4 Å². The number of halogens is 1. The molecule has 0 aliphatic heterocycles. The smallest absolute Gasteiger partial charge is 0.226 e. The Morgan fingerprint density at radius 3 is 2.70 bits per heavy atom. The van der Waals surface area contributed by atoms with Crippen LogP contribution in [0.3, 0.4) is 0 Å². The van der Waals surface area contributed by atoms with Crippen molar-refractivity contribution in [3.8, 4) is 0 Å². The van der Waals surface area contributed by atoms with E-state index in [4.69, 9.17) is 4.42 Å². The lowest BCUT2D eigenvalue weighted by Gasteiger charge is -2.12. The van der Waals surface area contributed by atoms with Crippen LogP contribution in [0, 0.1) is 20.8 Å². The van der Waals surface area contributed by atoms with Gasteiger partial charge in [0.25, 0.3) is 0 Å². The number of nitrogens with one attached hydrogen (secondary N) is 3. The molecule has 0 radical (unpaired) electrons. The van der Waals surface area contributed by atoms with Gasteiger partial charge in [0.2, 0.25) is 11.8 Å². The Kier molecular flexibility index (Phi) is 7.84. The zero-order chi connectivity index (χ0) is 19.8. The predicted octanol–water partition coefficient (Wildman–Crippen LogP) is 3.45. The molecule has 1 aromatic heterocycles. The Labute approximate surface area is 168 Å². The lowest BCUT2D eigenvalue weighted by Crippen LogP contribution is -2.38. The first-order chi connectivity index (χ1) is 12.9. The summed E-state index contributed by atoms with van der Waals surface area (Å²) >= 11 is 3.42. The minimum Gasteiger partial charge on any atom is -0.444 e. The van der Waals surface area contributed by atoms with Crippen molar-refractivity contribution in [3.05, 3.63) is 45.6 Å². The number of carbonyl (C=O) groups excluding carboxylic acids is 1. The standard InChI is InChI=1S/C19H26BrN5O2/c1-5-21-19(23-11-18-24-13(3)14(4)27-18)22-9-8-17(26)25-16-10-15(20)7-6-12(16)2/h6-7,10H,5,8-9,11H2,1-4H3,(H,25,26)(H2,21,22,23). The van der Waals surface area contributed by atoms with Crippen LogP contribution in [-0.4, -0.2) is 29.9 Å². The normalized spacial score (nSPS) is 11.4. The fourth-order valence-corrected chi connectivity index (χ4v) is 2.69. The highest BCUT2D eigenvalue weighted by molar-refractivity contribution is 9.10. The van der Waals surface area contributed by atoms with Gasteiger partial charge in [-0.05, 0) is 45.4 Å². The number of anilines is 1. The van der Waals surface area contributed by atoms with Gasteiger partial charge in [-0.3, -0.25) is 4.79 Å². The van der Waals surface area contributed by atoms with Crippen LogP contribution in [0.15, 0.2) is 32.1 Å². The maximum absolute atomic E-state index is 12.2. The molecular formula is C19H26BrN5O2. The topological polar surface area (TPSA) is 91.6 Å². The predicted molar refractivity (Wildman–Crippen MR) is 111 cm³/mol. The first-order valence-electron chi connectivity index (χ1n) is 8.90. The van der Waals surface area contributed by atoms with Crippen molar-refractivity contribution in [2.45, 2.75) is 40.7 Å². The van der Waals surface area contributed by atoms with Crippen molar-refractivity contribution < 1.29 is 9.21 Å². The molecule has 146 valence electrons. The van der Waals surface area contributed by atoms with Crippen LogP contribution < -0.4 is 16.0 Å². The second kappa shape index (κ2) is 10.1. The number of rotatable bonds is 7. The molecule has 0 saturated heterocycles. The summed E-state index contributed by atoms with van der Waals surface area (Å²) in [6, 6.07) is 5.80. The molecule has 0 saturated carbocycles. The summed E-state index contributed by atoms with van der Waals surface area (Å²) < 4.78 is 6.46. The first kappa shape index (κ1) is 21.0. The van der Waals surface area contributed by atoms with E-state index in [1.54, 1.807) is 0 Å². The first-order valence-corrected chi connectivity index (χ1v) is 9.69. The molecule has 1 amide bonds. The Balaban J connectivity index is 1.85. The molecular weight excluding hydrogens is 410 g/mol. The minimum absolute atomic E-state index is 0.0569. The number of aliphatic imine (C=N–C) groups is 1. The van der Waals surface area contributed by atoms with Crippen molar-refractivity contribution in [1.29, 1.82) is 0 Å². The molecule has 1 heterocycles. The van der Waals surface area contributed by atoms with Gasteiger partial charge in [0.05, 0.1) is 5.69 Å². The highest BCUT2D eigenvalue weighted by Gasteiger charge is 2.08. The monoisotopic (exact) mass is 435 g/mol. The molecule has 7 nitrogen and oxygen atoms in total. The van der Waals surface area contributed by atoms with Crippen molar-refractivity contribution in [1.82, 2.24) is 15.6 Å². The second-order valence-electron chi connectivity index (χ2n) is 6.13. The van der Waals surface area contributed by atoms with Gasteiger partial charge in [-0.15, -0.1) is 0 Å². The van der Waals surface area contributed by atoms with Gasteiger partial charge in [0.1, 0.15) is 12.3 Å². The summed E-state index contributed by atoms with van der Waals surface area (Å²) in [6.45, 7) is 9.26. The average molecular weight is 436 g/mol. The number of amides is 1. The fourth-order valence-electron chi connectivity index (χ4n) is 2.33. The van der Waals surface area contributed by atoms with E-state index in [1.807, 2.05) is 45.9 Å². The van der Waals surface area contributed by atoms with Crippen LogP contribution in [-0.2, 0) is 11.3 Å². The molecule has 2 aromatic rings. The summed E-state index contributed by atoms with van der Waals surface area (Å²) in [5.74, 6) is 1.94. The molecule has 0 bridgehead atoms. The summed E-state index contributed by atoms with van der Waals surface area (Å²) in [4.78, 5) is 20.9. The third-order valence-corrected chi connectivity index (χ3v) is 4.40. The zero-order valence-corrected chi connectivity index (χ0v) is 17.7. The maximum atomic E-state index is 12.2. The molecule has 0 spiro atoms. The highest BCUT2D eigenvalue weighted by Crippen LogP contribution is 2.20. The summed E-state index contributed by atoms with van der Waals surface area (Å²) in [5.41, 5.74) is 2.70. The SMILES string of the molecule is CCNC(=NCc1nc(C)c(C)o1)NCCC(=O)Nc1cc(Br)ccc1C. The van der Waals surface area contributed by atoms with Crippen LogP contribution >= 0.6 is 15.9 Å². The van der Waals surface area contributed by atoms with Gasteiger partial charge >= 0.3 is 0 Å². The van der Waals surface area contributed by atoms with Crippen molar-refractivity contribution in [2.75, 3.05) is 18.4 Å². The van der Waals surface area contributed by atoms with Crippen molar-refractivity contribution >= 4 is 33.5 Å². The third-order valence-electron chi connectivity index (χ3n) is 3.91. The third kappa shape index (κ3) is 6.71. The maximum Gasteiger partial charge on any atom is 0.226 e. The van der Waals surface area contributed by atoms with Crippen LogP contribution in [0.1, 0.15) is 36.3 Å². The molecule has 2 rings (SSSR count). The number of hydrogen-bond donors (Lipinski definition) is 3. The van der Waals surface area contributed by atoms with Gasteiger partial charge in [0, 0.05) is 29.7 Å². The molecule has 0 atom stereocenters. The van der Waals surface area contributed by atoms with E-state index in [-0.39, 0.29) is 5.91 Å². The van der Waals surface area contributed by atoms with Crippen LogP contribution in [0.5, 0.6) is 0 Å². The van der Waals surface area contributed by atoms with Gasteiger partial charge in [-0.2, -0.15) is 0 Å². The molecule has 0 unspecified atom stereocenters. The highest BCUT2D eigenvalue weighted by atomic mass is 79.9. The number of oxazole rings is 1. The number of aromatic nitrogens is 1. The Hall–Kier alpha value is -2.35. The summed E-state index contributed by atoms with van der Waals surface area (Å²) in [7, 11) is 0. The van der Waals surface area contributed by atoms with Crippen molar-refractivity contribution in [3.63, 3.8) is 0 Å². The van der Waals surface area contributed by atoms with E-state index < -0.39 is 0 Å². The van der Waals surface area contributed by atoms with E-state index >= 15 is 0 Å². The Morgan fingerprint density at radius 1 is 1.26 bits per heavy atom. The number of benzene rings is 1. The molecule has 27 heavy (non-hydrogen) atoms.